The fourth-order valence-electron chi connectivity index (χ4n) is 0.274. The van der Waals surface area contributed by atoms with Crippen LogP contribution in [0.4, 0.5) is 0 Å². The molecule has 0 unspecified atom stereocenters. The number of halogens is 1. The molecule has 0 fully saturated rings. The molecule has 0 amide bonds. The van der Waals surface area contributed by atoms with E-state index in [1.165, 1.54) is 0 Å². The van der Waals surface area contributed by atoms with Gasteiger partial charge in [-0.2, -0.15) is 0 Å². The summed E-state index contributed by atoms with van der Waals surface area (Å²) in [5.74, 6) is 0. The molecule has 0 aromatic heterocycles. The van der Waals surface area contributed by atoms with E-state index in [-0.39, 0.29) is 30.5 Å². The highest BCUT2D eigenvalue weighted by Gasteiger charge is 2.18. The largest absolute Gasteiger partial charge is 0.395 e. The van der Waals surface area contributed by atoms with Crippen molar-refractivity contribution in [2.45, 2.75) is 26.8 Å². The molecule has 0 bridgehead atoms. The van der Waals surface area contributed by atoms with Gasteiger partial charge in [0.25, 0.3) is 0 Å². The van der Waals surface area contributed by atoms with E-state index in [1.54, 1.807) is 0 Å². The molecule has 3 N–H and O–H groups in total. The molecule has 0 aliphatic heterocycles. The fourth-order valence-corrected chi connectivity index (χ4v) is 0.274. The van der Waals surface area contributed by atoms with Crippen LogP contribution in [0, 0.1) is 5.41 Å². The molecule has 58 valence electrons. The number of aliphatic hydroxyl groups is 1. The van der Waals surface area contributed by atoms with E-state index in [9.17, 15) is 0 Å². The molecule has 0 rings (SSSR count). The second-order valence-corrected chi connectivity index (χ2v) is 3.16. The summed E-state index contributed by atoms with van der Waals surface area (Å²) in [7, 11) is 0. The zero-order chi connectivity index (χ0) is 6.78. The predicted molar refractivity (Wildman–Crippen MR) is 41.8 cm³/mol. The Bertz CT molecular complexity index is 69.9. The Kier molecular flexibility index (Phi) is 5.43. The van der Waals surface area contributed by atoms with Gasteiger partial charge in [0.1, 0.15) is 0 Å². The van der Waals surface area contributed by atoms with Crippen LogP contribution in [0.1, 0.15) is 20.8 Å². The SMILES string of the molecule is CC(C)(C)[C@@H](N)CO.Cl. The summed E-state index contributed by atoms with van der Waals surface area (Å²) in [5.41, 5.74) is 5.54. The first kappa shape index (κ1) is 11.9. The normalized spacial score (nSPS) is 14.3. The summed E-state index contributed by atoms with van der Waals surface area (Å²) < 4.78 is 0. The second-order valence-electron chi connectivity index (χ2n) is 3.16. The highest BCUT2D eigenvalue weighted by Crippen LogP contribution is 2.15. The number of aliphatic hydroxyl groups excluding tert-OH is 1. The highest BCUT2D eigenvalue weighted by atomic mass is 35.5. The Balaban J connectivity index is 0. The van der Waals surface area contributed by atoms with E-state index < -0.39 is 0 Å². The molecule has 0 aliphatic rings. The number of rotatable bonds is 1. The lowest BCUT2D eigenvalue weighted by Crippen LogP contribution is -2.37. The van der Waals surface area contributed by atoms with Crippen LogP contribution in [0.15, 0.2) is 0 Å². The number of hydrogen-bond donors (Lipinski definition) is 2. The van der Waals surface area contributed by atoms with Gasteiger partial charge in [-0.1, -0.05) is 20.8 Å². The molecule has 0 aromatic rings. The van der Waals surface area contributed by atoms with Crippen LogP contribution in [0.5, 0.6) is 0 Å². The van der Waals surface area contributed by atoms with Gasteiger partial charge in [-0.05, 0) is 5.41 Å². The van der Waals surface area contributed by atoms with Gasteiger partial charge in [0.2, 0.25) is 0 Å². The average molecular weight is 154 g/mol. The van der Waals surface area contributed by atoms with Crippen LogP contribution in [0.25, 0.3) is 0 Å². The molecule has 0 aromatic carbocycles. The fraction of sp³-hybridized carbons (Fsp3) is 1.00. The first-order valence-corrected chi connectivity index (χ1v) is 2.85. The van der Waals surface area contributed by atoms with Gasteiger partial charge in [0, 0.05) is 6.04 Å². The molecule has 0 heterocycles. The van der Waals surface area contributed by atoms with Crippen molar-refractivity contribution in [3.63, 3.8) is 0 Å². The van der Waals surface area contributed by atoms with Crippen LogP contribution in [0.2, 0.25) is 0 Å². The maximum Gasteiger partial charge on any atom is 0.0587 e. The standard InChI is InChI=1S/C6H15NO.ClH/c1-6(2,3)5(7)4-8;/h5,8H,4,7H2,1-3H3;1H/t5-;/m0./s1. The topological polar surface area (TPSA) is 46.2 Å². The van der Waals surface area contributed by atoms with Crippen LogP contribution in [0.3, 0.4) is 0 Å². The van der Waals surface area contributed by atoms with E-state index >= 15 is 0 Å². The monoisotopic (exact) mass is 153 g/mol. The zero-order valence-electron chi connectivity index (χ0n) is 6.22. The lowest BCUT2D eigenvalue weighted by atomic mass is 9.88. The van der Waals surface area contributed by atoms with Crippen molar-refractivity contribution >= 4 is 12.4 Å². The van der Waals surface area contributed by atoms with E-state index in [0.717, 1.165) is 0 Å². The van der Waals surface area contributed by atoms with E-state index in [1.807, 2.05) is 20.8 Å². The molecule has 2 nitrogen and oxygen atoms in total. The molecular weight excluding hydrogens is 138 g/mol. The molecule has 0 radical (unpaired) electrons. The molecule has 0 saturated heterocycles. The molecule has 0 spiro atoms. The molecule has 0 aliphatic carbocycles. The van der Waals surface area contributed by atoms with E-state index in [4.69, 9.17) is 10.8 Å². The van der Waals surface area contributed by atoms with Gasteiger partial charge in [-0.25, -0.2) is 0 Å². The first-order valence-electron chi connectivity index (χ1n) is 2.85. The van der Waals surface area contributed by atoms with Crippen LogP contribution >= 0.6 is 12.4 Å². The number of hydrogen-bond acceptors (Lipinski definition) is 2. The van der Waals surface area contributed by atoms with Crippen LogP contribution in [-0.2, 0) is 0 Å². The van der Waals surface area contributed by atoms with E-state index in [2.05, 4.69) is 0 Å². The molecule has 3 heteroatoms. The van der Waals surface area contributed by atoms with E-state index in [0.29, 0.717) is 0 Å². The van der Waals surface area contributed by atoms with Gasteiger partial charge in [0.05, 0.1) is 6.61 Å². The molecule has 9 heavy (non-hydrogen) atoms. The highest BCUT2D eigenvalue weighted by molar-refractivity contribution is 5.85. The van der Waals surface area contributed by atoms with Crippen molar-refractivity contribution < 1.29 is 5.11 Å². The predicted octanol–water partition coefficient (Wildman–Crippen LogP) is 0.774. The summed E-state index contributed by atoms with van der Waals surface area (Å²) in [4.78, 5) is 0. The van der Waals surface area contributed by atoms with Gasteiger partial charge < -0.3 is 10.8 Å². The minimum absolute atomic E-state index is 0. The van der Waals surface area contributed by atoms with Crippen LogP contribution < -0.4 is 5.73 Å². The van der Waals surface area contributed by atoms with Crippen molar-refractivity contribution in [2.75, 3.05) is 6.61 Å². The Labute approximate surface area is 62.9 Å². The van der Waals surface area contributed by atoms with Gasteiger partial charge in [0.15, 0.2) is 0 Å². The first-order chi connectivity index (χ1) is 3.48. The minimum atomic E-state index is -0.0949. The third kappa shape index (κ3) is 4.70. The second kappa shape index (κ2) is 4.09. The Morgan fingerprint density at radius 2 is 1.78 bits per heavy atom. The maximum atomic E-state index is 8.55. The third-order valence-corrected chi connectivity index (χ3v) is 1.31. The van der Waals surface area contributed by atoms with Gasteiger partial charge in [-0.15, -0.1) is 12.4 Å². The van der Waals surface area contributed by atoms with Gasteiger partial charge in [-0.3, -0.25) is 0 Å². The molecule has 0 saturated carbocycles. The summed E-state index contributed by atoms with van der Waals surface area (Å²) >= 11 is 0. The Morgan fingerprint density at radius 1 is 1.44 bits per heavy atom. The summed E-state index contributed by atoms with van der Waals surface area (Å²) in [6.45, 7) is 6.10. The lowest BCUT2D eigenvalue weighted by Gasteiger charge is -2.24. The lowest BCUT2D eigenvalue weighted by molar-refractivity contribution is 0.189. The Hall–Kier alpha value is 0.210. The average Bonchev–Trinajstić information content (AvgIpc) is 1.62. The molecular formula is C6H16ClNO. The van der Waals surface area contributed by atoms with Gasteiger partial charge >= 0.3 is 0 Å². The van der Waals surface area contributed by atoms with Crippen molar-refractivity contribution in [1.29, 1.82) is 0 Å². The minimum Gasteiger partial charge on any atom is -0.395 e. The Morgan fingerprint density at radius 3 is 1.78 bits per heavy atom. The molecule has 1 atom stereocenters. The van der Waals surface area contributed by atoms with Crippen molar-refractivity contribution in [3.05, 3.63) is 0 Å². The van der Waals surface area contributed by atoms with Crippen molar-refractivity contribution in [2.24, 2.45) is 11.1 Å². The van der Waals surface area contributed by atoms with Crippen molar-refractivity contribution in [1.82, 2.24) is 0 Å². The quantitative estimate of drug-likeness (QED) is 0.585. The summed E-state index contributed by atoms with van der Waals surface area (Å²) in [5, 5.41) is 8.55. The number of nitrogens with two attached hydrogens (primary N) is 1. The van der Waals surface area contributed by atoms with Crippen molar-refractivity contribution in [3.8, 4) is 0 Å². The zero-order valence-corrected chi connectivity index (χ0v) is 7.03. The smallest absolute Gasteiger partial charge is 0.0587 e. The summed E-state index contributed by atoms with van der Waals surface area (Å²) in [6.07, 6.45) is 0. The maximum absolute atomic E-state index is 8.55. The third-order valence-electron chi connectivity index (χ3n) is 1.31. The summed E-state index contributed by atoms with van der Waals surface area (Å²) in [6, 6.07) is -0.0949. The van der Waals surface area contributed by atoms with Crippen LogP contribution in [-0.4, -0.2) is 17.8 Å².